The zero-order valence-corrected chi connectivity index (χ0v) is 10.2. The SMILES string of the molecule is CCNC(Cc1cc(CC)ncn1)C1CC1. The van der Waals surface area contributed by atoms with E-state index in [9.17, 15) is 0 Å². The molecule has 16 heavy (non-hydrogen) atoms. The lowest BCUT2D eigenvalue weighted by Crippen LogP contribution is -2.33. The average molecular weight is 219 g/mol. The van der Waals surface area contributed by atoms with Crippen LogP contribution in [0.15, 0.2) is 12.4 Å². The molecule has 0 radical (unpaired) electrons. The van der Waals surface area contributed by atoms with Gasteiger partial charge < -0.3 is 5.32 Å². The van der Waals surface area contributed by atoms with Crippen molar-refractivity contribution < 1.29 is 0 Å². The first-order chi connectivity index (χ1) is 7.83. The molecule has 2 rings (SSSR count). The standard InChI is InChI=1S/C13H21N3/c1-3-11-7-12(16-9-15-11)8-13(14-4-2)10-5-6-10/h7,9-10,13-14H,3-6,8H2,1-2H3. The molecular weight excluding hydrogens is 198 g/mol. The second-order valence-electron chi connectivity index (χ2n) is 4.56. The molecule has 0 spiro atoms. The lowest BCUT2D eigenvalue weighted by Gasteiger charge is -2.16. The van der Waals surface area contributed by atoms with E-state index in [1.54, 1.807) is 6.33 Å². The largest absolute Gasteiger partial charge is 0.314 e. The normalized spacial score (nSPS) is 17.4. The number of likely N-dealkylation sites (N-methyl/N-ethyl adjacent to an activating group) is 1. The fourth-order valence-electron chi connectivity index (χ4n) is 2.14. The Balaban J connectivity index is 1.99. The summed E-state index contributed by atoms with van der Waals surface area (Å²) in [5.41, 5.74) is 2.33. The van der Waals surface area contributed by atoms with Crippen LogP contribution in [0.1, 0.15) is 38.1 Å². The highest BCUT2D eigenvalue weighted by molar-refractivity contribution is 5.10. The molecule has 3 nitrogen and oxygen atoms in total. The number of aromatic nitrogens is 2. The lowest BCUT2D eigenvalue weighted by atomic mass is 10.1. The summed E-state index contributed by atoms with van der Waals surface area (Å²) in [6.45, 7) is 5.36. The first-order valence-corrected chi connectivity index (χ1v) is 6.36. The summed E-state index contributed by atoms with van der Waals surface area (Å²) >= 11 is 0. The van der Waals surface area contributed by atoms with Gasteiger partial charge in [-0.1, -0.05) is 13.8 Å². The van der Waals surface area contributed by atoms with Crippen LogP contribution in [-0.2, 0) is 12.8 Å². The Morgan fingerprint density at radius 3 is 2.69 bits per heavy atom. The zero-order valence-electron chi connectivity index (χ0n) is 10.2. The van der Waals surface area contributed by atoms with E-state index in [0.29, 0.717) is 6.04 Å². The zero-order chi connectivity index (χ0) is 11.4. The summed E-state index contributed by atoms with van der Waals surface area (Å²) in [5, 5.41) is 3.57. The van der Waals surface area contributed by atoms with Gasteiger partial charge in [-0.05, 0) is 37.8 Å². The fourth-order valence-corrected chi connectivity index (χ4v) is 2.14. The fraction of sp³-hybridized carbons (Fsp3) is 0.692. The molecule has 1 aromatic rings. The predicted molar refractivity (Wildman–Crippen MR) is 65.3 cm³/mol. The quantitative estimate of drug-likeness (QED) is 0.795. The van der Waals surface area contributed by atoms with Crippen molar-refractivity contribution in [3.05, 3.63) is 23.8 Å². The first kappa shape index (κ1) is 11.5. The Kier molecular flexibility index (Phi) is 3.88. The van der Waals surface area contributed by atoms with Crippen LogP contribution in [0.4, 0.5) is 0 Å². The van der Waals surface area contributed by atoms with E-state index in [1.165, 1.54) is 18.5 Å². The highest BCUT2D eigenvalue weighted by Gasteiger charge is 2.30. The van der Waals surface area contributed by atoms with Gasteiger partial charge in [0.05, 0.1) is 0 Å². The summed E-state index contributed by atoms with van der Waals surface area (Å²) in [6, 6.07) is 2.76. The van der Waals surface area contributed by atoms with Crippen LogP contribution in [0.2, 0.25) is 0 Å². The molecule has 1 aromatic heterocycles. The van der Waals surface area contributed by atoms with Crippen molar-refractivity contribution in [3.8, 4) is 0 Å². The molecule has 1 heterocycles. The molecule has 1 aliphatic carbocycles. The van der Waals surface area contributed by atoms with Gasteiger partial charge in [-0.2, -0.15) is 0 Å². The monoisotopic (exact) mass is 219 g/mol. The summed E-state index contributed by atoms with van der Waals surface area (Å²) in [6.07, 6.45) is 6.50. The molecule has 1 aliphatic rings. The third-order valence-corrected chi connectivity index (χ3v) is 3.23. The van der Waals surface area contributed by atoms with Crippen molar-refractivity contribution in [2.75, 3.05) is 6.54 Å². The maximum atomic E-state index is 4.37. The molecule has 0 aliphatic heterocycles. The van der Waals surface area contributed by atoms with Gasteiger partial charge in [0.25, 0.3) is 0 Å². The molecule has 0 aromatic carbocycles. The first-order valence-electron chi connectivity index (χ1n) is 6.36. The van der Waals surface area contributed by atoms with Gasteiger partial charge in [-0.3, -0.25) is 0 Å². The third kappa shape index (κ3) is 3.01. The molecule has 0 bridgehead atoms. The van der Waals surface area contributed by atoms with Crippen molar-refractivity contribution in [3.63, 3.8) is 0 Å². The summed E-state index contributed by atoms with van der Waals surface area (Å²) in [4.78, 5) is 8.61. The van der Waals surface area contributed by atoms with E-state index in [1.807, 2.05) is 0 Å². The minimum absolute atomic E-state index is 0.615. The Morgan fingerprint density at radius 2 is 2.06 bits per heavy atom. The van der Waals surface area contributed by atoms with Crippen LogP contribution in [-0.4, -0.2) is 22.6 Å². The van der Waals surface area contributed by atoms with Crippen LogP contribution < -0.4 is 5.32 Å². The van der Waals surface area contributed by atoms with Crippen LogP contribution in [0, 0.1) is 5.92 Å². The molecule has 1 fully saturated rings. The highest BCUT2D eigenvalue weighted by atomic mass is 14.9. The van der Waals surface area contributed by atoms with Gasteiger partial charge in [0.15, 0.2) is 0 Å². The summed E-state index contributed by atoms with van der Waals surface area (Å²) < 4.78 is 0. The average Bonchev–Trinajstić information content (AvgIpc) is 3.13. The Labute approximate surface area is 97.7 Å². The van der Waals surface area contributed by atoms with Crippen molar-refractivity contribution >= 4 is 0 Å². The Morgan fingerprint density at radius 1 is 1.31 bits per heavy atom. The topological polar surface area (TPSA) is 37.8 Å². The smallest absolute Gasteiger partial charge is 0.115 e. The van der Waals surface area contributed by atoms with Gasteiger partial charge in [0, 0.05) is 23.9 Å². The molecule has 0 saturated heterocycles. The van der Waals surface area contributed by atoms with Crippen LogP contribution in [0.25, 0.3) is 0 Å². The molecule has 1 N–H and O–H groups in total. The summed E-state index contributed by atoms with van der Waals surface area (Å²) in [7, 11) is 0. The van der Waals surface area contributed by atoms with Gasteiger partial charge in [0.2, 0.25) is 0 Å². The minimum atomic E-state index is 0.615. The van der Waals surface area contributed by atoms with Crippen molar-refractivity contribution in [2.45, 2.75) is 45.6 Å². The van der Waals surface area contributed by atoms with Crippen LogP contribution in [0.5, 0.6) is 0 Å². The predicted octanol–water partition coefficient (Wildman–Crippen LogP) is 1.97. The van der Waals surface area contributed by atoms with Gasteiger partial charge in [-0.25, -0.2) is 9.97 Å². The van der Waals surface area contributed by atoms with Crippen molar-refractivity contribution in [1.29, 1.82) is 0 Å². The van der Waals surface area contributed by atoms with E-state index >= 15 is 0 Å². The molecule has 0 amide bonds. The molecule has 3 heteroatoms. The maximum Gasteiger partial charge on any atom is 0.115 e. The van der Waals surface area contributed by atoms with Gasteiger partial charge in [-0.15, -0.1) is 0 Å². The van der Waals surface area contributed by atoms with Crippen LogP contribution >= 0.6 is 0 Å². The number of hydrogen-bond donors (Lipinski definition) is 1. The Bertz CT molecular complexity index is 334. The van der Waals surface area contributed by atoms with Crippen molar-refractivity contribution in [2.24, 2.45) is 5.92 Å². The number of nitrogens with zero attached hydrogens (tertiary/aromatic N) is 2. The highest BCUT2D eigenvalue weighted by Crippen LogP contribution is 2.33. The van der Waals surface area contributed by atoms with Gasteiger partial charge >= 0.3 is 0 Å². The van der Waals surface area contributed by atoms with Crippen molar-refractivity contribution in [1.82, 2.24) is 15.3 Å². The molecule has 1 unspecified atom stereocenters. The van der Waals surface area contributed by atoms with E-state index in [4.69, 9.17) is 0 Å². The number of nitrogens with one attached hydrogen (secondary N) is 1. The number of rotatable bonds is 6. The number of hydrogen-bond acceptors (Lipinski definition) is 3. The Hall–Kier alpha value is -0.960. The van der Waals surface area contributed by atoms with E-state index in [0.717, 1.165) is 31.0 Å². The molecule has 1 saturated carbocycles. The second-order valence-corrected chi connectivity index (χ2v) is 4.56. The molecule has 88 valence electrons. The van der Waals surface area contributed by atoms with E-state index < -0.39 is 0 Å². The van der Waals surface area contributed by atoms with E-state index in [-0.39, 0.29) is 0 Å². The molecular formula is C13H21N3. The maximum absolute atomic E-state index is 4.37. The lowest BCUT2D eigenvalue weighted by molar-refractivity contribution is 0.468. The third-order valence-electron chi connectivity index (χ3n) is 3.23. The van der Waals surface area contributed by atoms with E-state index in [2.05, 4.69) is 35.2 Å². The molecule has 1 atom stereocenters. The summed E-state index contributed by atoms with van der Waals surface area (Å²) in [5.74, 6) is 0.875. The van der Waals surface area contributed by atoms with Gasteiger partial charge in [0.1, 0.15) is 6.33 Å². The minimum Gasteiger partial charge on any atom is -0.314 e. The number of aryl methyl sites for hydroxylation is 1. The van der Waals surface area contributed by atoms with Crippen LogP contribution in [0.3, 0.4) is 0 Å². The second kappa shape index (κ2) is 5.39.